The number of rotatable bonds is 3. The molecule has 1 aromatic rings. The van der Waals surface area contributed by atoms with Gasteiger partial charge in [-0.05, 0) is 31.0 Å². The second-order valence-corrected chi connectivity index (χ2v) is 5.55. The van der Waals surface area contributed by atoms with E-state index in [2.05, 4.69) is 26.6 Å². The Morgan fingerprint density at radius 1 is 1.50 bits per heavy atom. The monoisotopic (exact) mass is 312 g/mol. The highest BCUT2D eigenvalue weighted by Crippen LogP contribution is 2.17. The second kappa shape index (κ2) is 5.82. The fraction of sp³-hybridized carbons (Fsp3) is 0.462. The molecule has 1 amide bonds. The van der Waals surface area contributed by atoms with E-state index in [0.29, 0.717) is 13.0 Å². The molecular weight excluding hydrogens is 296 g/mol. The van der Waals surface area contributed by atoms with E-state index in [9.17, 15) is 9.90 Å². The van der Waals surface area contributed by atoms with Crippen molar-refractivity contribution in [2.75, 3.05) is 6.54 Å². The minimum atomic E-state index is -0.413. The highest BCUT2D eigenvalue weighted by Gasteiger charge is 2.28. The minimum Gasteiger partial charge on any atom is -0.392 e. The third-order valence-corrected chi connectivity index (χ3v) is 3.68. The van der Waals surface area contributed by atoms with Crippen LogP contribution in [0.15, 0.2) is 28.7 Å². The molecule has 0 aliphatic carbocycles. The lowest BCUT2D eigenvalue weighted by Gasteiger charge is -2.17. The highest BCUT2D eigenvalue weighted by atomic mass is 79.9. The van der Waals surface area contributed by atoms with Gasteiger partial charge in [-0.15, -0.1) is 0 Å². The lowest BCUT2D eigenvalue weighted by Crippen LogP contribution is -2.41. The van der Waals surface area contributed by atoms with Crippen molar-refractivity contribution in [3.8, 4) is 0 Å². The van der Waals surface area contributed by atoms with Crippen LogP contribution < -0.4 is 10.6 Å². The molecule has 4 nitrogen and oxygen atoms in total. The van der Waals surface area contributed by atoms with Crippen LogP contribution in [-0.4, -0.2) is 29.7 Å². The van der Waals surface area contributed by atoms with Crippen molar-refractivity contribution < 1.29 is 9.90 Å². The zero-order valence-electron chi connectivity index (χ0n) is 10.2. The Labute approximate surface area is 115 Å². The fourth-order valence-corrected chi connectivity index (χ4v) is 2.33. The first-order valence-corrected chi connectivity index (χ1v) is 6.83. The van der Waals surface area contributed by atoms with E-state index in [1.807, 2.05) is 31.2 Å². The Morgan fingerprint density at radius 2 is 2.17 bits per heavy atom. The van der Waals surface area contributed by atoms with Crippen LogP contribution >= 0.6 is 15.9 Å². The summed E-state index contributed by atoms with van der Waals surface area (Å²) in [6.07, 6.45) is 0.0718. The Hall–Kier alpha value is -0.910. The maximum atomic E-state index is 11.9. The second-order valence-electron chi connectivity index (χ2n) is 4.63. The summed E-state index contributed by atoms with van der Waals surface area (Å²) in [5.74, 6) is -0.0537. The quantitative estimate of drug-likeness (QED) is 0.789. The van der Waals surface area contributed by atoms with Crippen LogP contribution in [0.25, 0.3) is 0 Å². The molecule has 0 spiro atoms. The van der Waals surface area contributed by atoms with Crippen LogP contribution in [0.3, 0.4) is 0 Å². The summed E-state index contributed by atoms with van der Waals surface area (Å²) in [4.78, 5) is 11.9. The zero-order valence-corrected chi connectivity index (χ0v) is 11.8. The summed E-state index contributed by atoms with van der Waals surface area (Å²) in [5.41, 5.74) is 1.06. The van der Waals surface area contributed by atoms with Gasteiger partial charge in [-0.2, -0.15) is 0 Å². The summed E-state index contributed by atoms with van der Waals surface area (Å²) >= 11 is 3.38. The number of hydrogen-bond acceptors (Lipinski definition) is 3. The molecule has 1 heterocycles. The van der Waals surface area contributed by atoms with Crippen molar-refractivity contribution >= 4 is 21.8 Å². The first-order chi connectivity index (χ1) is 8.56. The topological polar surface area (TPSA) is 61.4 Å². The molecule has 5 heteroatoms. The van der Waals surface area contributed by atoms with Crippen LogP contribution in [0, 0.1) is 0 Å². The van der Waals surface area contributed by atoms with Gasteiger partial charge in [-0.25, -0.2) is 0 Å². The molecule has 1 aliphatic heterocycles. The summed E-state index contributed by atoms with van der Waals surface area (Å²) in [6.45, 7) is 2.44. The van der Waals surface area contributed by atoms with E-state index >= 15 is 0 Å². The van der Waals surface area contributed by atoms with Crippen molar-refractivity contribution in [3.63, 3.8) is 0 Å². The van der Waals surface area contributed by atoms with Gasteiger partial charge in [0.25, 0.3) is 0 Å². The van der Waals surface area contributed by atoms with E-state index in [1.165, 1.54) is 0 Å². The van der Waals surface area contributed by atoms with Gasteiger partial charge in [0.15, 0.2) is 0 Å². The van der Waals surface area contributed by atoms with Crippen LogP contribution in [0.4, 0.5) is 0 Å². The van der Waals surface area contributed by atoms with E-state index < -0.39 is 6.10 Å². The standard InChI is InChI=1S/C13H17BrN2O2/c1-8(9-2-4-10(14)5-3-9)16-13(18)12-6-11(17)7-15-12/h2-5,8,11-12,15,17H,6-7H2,1H3,(H,16,18)/t8-,11+,12-/m0/s1. The first-order valence-electron chi connectivity index (χ1n) is 6.03. The Morgan fingerprint density at radius 3 is 2.72 bits per heavy atom. The number of amides is 1. The van der Waals surface area contributed by atoms with Crippen molar-refractivity contribution in [2.24, 2.45) is 0 Å². The van der Waals surface area contributed by atoms with Crippen molar-refractivity contribution in [3.05, 3.63) is 34.3 Å². The molecule has 98 valence electrons. The molecule has 0 radical (unpaired) electrons. The van der Waals surface area contributed by atoms with Gasteiger partial charge in [0.2, 0.25) is 5.91 Å². The molecule has 1 aliphatic rings. The van der Waals surface area contributed by atoms with Gasteiger partial charge >= 0.3 is 0 Å². The summed E-state index contributed by atoms with van der Waals surface area (Å²) in [6, 6.07) is 7.55. The van der Waals surface area contributed by atoms with Gasteiger partial charge in [-0.1, -0.05) is 28.1 Å². The third kappa shape index (κ3) is 3.31. The number of carbonyl (C=O) groups is 1. The number of aliphatic hydroxyl groups excluding tert-OH is 1. The molecule has 0 unspecified atom stereocenters. The predicted octanol–water partition coefficient (Wildman–Crippen LogP) is 1.35. The van der Waals surface area contributed by atoms with E-state index in [0.717, 1.165) is 10.0 Å². The summed E-state index contributed by atoms with van der Waals surface area (Å²) in [7, 11) is 0. The van der Waals surface area contributed by atoms with Crippen LogP contribution in [0.5, 0.6) is 0 Å². The number of halogens is 1. The van der Waals surface area contributed by atoms with Crippen LogP contribution in [-0.2, 0) is 4.79 Å². The van der Waals surface area contributed by atoms with Gasteiger partial charge in [0.05, 0.1) is 18.2 Å². The molecule has 0 bridgehead atoms. The number of hydrogen-bond donors (Lipinski definition) is 3. The molecule has 1 aromatic carbocycles. The van der Waals surface area contributed by atoms with Crippen molar-refractivity contribution in [1.82, 2.24) is 10.6 Å². The SMILES string of the molecule is C[C@H](NC(=O)[C@@H]1C[C@@H](O)CN1)c1ccc(Br)cc1. The Bertz CT molecular complexity index is 422. The van der Waals surface area contributed by atoms with Crippen molar-refractivity contribution in [2.45, 2.75) is 31.5 Å². The molecule has 2 rings (SSSR count). The van der Waals surface area contributed by atoms with Gasteiger partial charge < -0.3 is 15.7 Å². The highest BCUT2D eigenvalue weighted by molar-refractivity contribution is 9.10. The molecule has 3 atom stereocenters. The van der Waals surface area contributed by atoms with E-state index in [4.69, 9.17) is 0 Å². The van der Waals surface area contributed by atoms with Crippen LogP contribution in [0.2, 0.25) is 0 Å². The van der Waals surface area contributed by atoms with E-state index in [1.54, 1.807) is 0 Å². The lowest BCUT2D eigenvalue weighted by molar-refractivity contribution is -0.123. The number of nitrogens with one attached hydrogen (secondary N) is 2. The summed E-state index contributed by atoms with van der Waals surface area (Å²) in [5, 5.41) is 15.3. The molecule has 0 saturated carbocycles. The largest absolute Gasteiger partial charge is 0.392 e. The van der Waals surface area contributed by atoms with Crippen LogP contribution in [0.1, 0.15) is 24.9 Å². The van der Waals surface area contributed by atoms with Gasteiger partial charge in [0, 0.05) is 11.0 Å². The summed E-state index contributed by atoms with van der Waals surface area (Å²) < 4.78 is 1.02. The zero-order chi connectivity index (χ0) is 13.1. The molecule has 0 aromatic heterocycles. The van der Waals surface area contributed by atoms with E-state index in [-0.39, 0.29) is 18.0 Å². The molecule has 1 saturated heterocycles. The number of benzene rings is 1. The normalized spacial score (nSPS) is 24.8. The fourth-order valence-electron chi connectivity index (χ4n) is 2.07. The average Bonchev–Trinajstić information content (AvgIpc) is 2.76. The first kappa shape index (κ1) is 13.5. The third-order valence-electron chi connectivity index (χ3n) is 3.15. The smallest absolute Gasteiger partial charge is 0.237 e. The van der Waals surface area contributed by atoms with Crippen molar-refractivity contribution in [1.29, 1.82) is 0 Å². The predicted molar refractivity (Wildman–Crippen MR) is 73.1 cm³/mol. The van der Waals surface area contributed by atoms with Gasteiger partial charge in [-0.3, -0.25) is 4.79 Å². The average molecular weight is 313 g/mol. The molecule has 1 fully saturated rings. The minimum absolute atomic E-state index is 0.0369. The van der Waals surface area contributed by atoms with Gasteiger partial charge in [0.1, 0.15) is 0 Å². The number of β-amino-alcohol motifs (C(OH)–C–C–N with tert-alkyl or cyclic N) is 1. The molecule has 3 N–H and O–H groups in total. The molecule has 18 heavy (non-hydrogen) atoms. The Balaban J connectivity index is 1.92. The number of aliphatic hydroxyl groups is 1. The maximum Gasteiger partial charge on any atom is 0.237 e. The Kier molecular flexibility index (Phi) is 4.37. The number of carbonyl (C=O) groups excluding carboxylic acids is 1. The molecular formula is C13H17BrN2O2. The lowest BCUT2D eigenvalue weighted by atomic mass is 10.1. The maximum absolute atomic E-state index is 11.9.